The van der Waals surface area contributed by atoms with Crippen LogP contribution >= 0.6 is 0 Å². The average Bonchev–Trinajstić information content (AvgIpc) is 3.62. The Morgan fingerprint density at radius 2 is 0.923 bits per heavy atom. The first-order chi connectivity index (χ1) is 25.8. The van der Waals surface area contributed by atoms with Gasteiger partial charge in [-0.1, -0.05) is 152 Å². The molecule has 0 aliphatic heterocycles. The summed E-state index contributed by atoms with van der Waals surface area (Å²) in [7, 11) is 0. The maximum absolute atomic E-state index is 6.59. The van der Waals surface area contributed by atoms with E-state index < -0.39 is 0 Å². The van der Waals surface area contributed by atoms with Gasteiger partial charge in [-0.25, -0.2) is 0 Å². The van der Waals surface area contributed by atoms with Gasteiger partial charge in [-0.3, -0.25) is 4.98 Å². The number of benzene rings is 8. The molecule has 0 bridgehead atoms. The van der Waals surface area contributed by atoms with Crippen LogP contribution in [0.5, 0.6) is 0 Å². The third kappa shape index (κ3) is 5.02. The second-order valence-electron chi connectivity index (χ2n) is 13.2. The van der Waals surface area contributed by atoms with E-state index >= 15 is 0 Å². The molecule has 3 heteroatoms. The fraction of sp³-hybridized carbons (Fsp3) is 0. The average molecular weight is 665 g/mol. The number of pyridine rings is 1. The number of hydrogen-bond acceptors (Lipinski definition) is 3. The molecule has 0 saturated heterocycles. The fourth-order valence-corrected chi connectivity index (χ4v) is 7.70. The lowest BCUT2D eigenvalue weighted by Gasteiger charge is -2.26. The molecule has 52 heavy (non-hydrogen) atoms. The molecular weight excluding hydrogens is 633 g/mol. The lowest BCUT2D eigenvalue weighted by molar-refractivity contribution is 0.670. The highest BCUT2D eigenvalue weighted by atomic mass is 16.3. The molecule has 0 aliphatic carbocycles. The highest BCUT2D eigenvalue weighted by Gasteiger charge is 2.21. The predicted molar refractivity (Wildman–Crippen MR) is 218 cm³/mol. The summed E-state index contributed by atoms with van der Waals surface area (Å²) < 4.78 is 6.59. The normalized spacial score (nSPS) is 11.5. The van der Waals surface area contributed by atoms with Crippen LogP contribution in [0.4, 0.5) is 17.1 Å². The van der Waals surface area contributed by atoms with Crippen LogP contribution in [0.15, 0.2) is 199 Å². The molecule has 0 N–H and O–H groups in total. The van der Waals surface area contributed by atoms with Crippen molar-refractivity contribution in [3.63, 3.8) is 0 Å². The molecule has 0 unspecified atom stereocenters. The quantitative estimate of drug-likeness (QED) is 0.177. The standard InChI is InChI=1S/C49H32N2O/c1-2-11-33(12-3-1)40-17-8-9-18-42(40)36-21-26-38(27-22-36)51(39-28-23-37(24-29-39)43-20-10-15-34-13-4-6-16-41(34)43)46-31-50-32-47-48(46)45-30-25-35-14-5-7-19-44(35)49(45)52-47/h1-32H. The monoisotopic (exact) mass is 664 g/mol. The van der Waals surface area contributed by atoms with Gasteiger partial charge in [0.05, 0.1) is 23.5 Å². The number of hydrogen-bond donors (Lipinski definition) is 0. The molecule has 10 rings (SSSR count). The summed E-state index contributed by atoms with van der Waals surface area (Å²) in [4.78, 5) is 7.04. The first-order valence-electron chi connectivity index (χ1n) is 17.6. The Kier molecular flexibility index (Phi) is 7.14. The molecule has 0 aliphatic rings. The highest BCUT2D eigenvalue weighted by molar-refractivity contribution is 6.19. The Balaban J connectivity index is 1.14. The van der Waals surface area contributed by atoms with Crippen molar-refractivity contribution in [1.82, 2.24) is 4.98 Å². The summed E-state index contributed by atoms with van der Waals surface area (Å²) in [5, 5.41) is 6.82. The largest absolute Gasteiger partial charge is 0.454 e. The molecule has 0 amide bonds. The lowest BCUT2D eigenvalue weighted by Crippen LogP contribution is -2.10. The van der Waals surface area contributed by atoms with Gasteiger partial charge in [0.25, 0.3) is 0 Å². The zero-order valence-corrected chi connectivity index (χ0v) is 28.3. The molecule has 10 aromatic rings. The zero-order valence-electron chi connectivity index (χ0n) is 28.3. The van der Waals surface area contributed by atoms with Crippen LogP contribution in [-0.2, 0) is 0 Å². The Bertz CT molecular complexity index is 2880. The Hall–Kier alpha value is -6.97. The Labute approximate surface area is 301 Å². The molecule has 0 saturated carbocycles. The number of aromatic nitrogens is 1. The second-order valence-corrected chi connectivity index (χ2v) is 13.2. The van der Waals surface area contributed by atoms with Gasteiger partial charge in [0.15, 0.2) is 5.58 Å². The van der Waals surface area contributed by atoms with Crippen LogP contribution in [0.1, 0.15) is 0 Å². The van der Waals surface area contributed by atoms with E-state index in [0.717, 1.165) is 55.3 Å². The molecular formula is C49H32N2O. The van der Waals surface area contributed by atoms with E-state index in [-0.39, 0.29) is 0 Å². The third-order valence-electron chi connectivity index (χ3n) is 10.2. The Morgan fingerprint density at radius 1 is 0.385 bits per heavy atom. The maximum atomic E-state index is 6.59. The molecule has 2 heterocycles. The van der Waals surface area contributed by atoms with Crippen LogP contribution in [0.25, 0.3) is 76.9 Å². The minimum atomic E-state index is 0.759. The van der Waals surface area contributed by atoms with Gasteiger partial charge in [0.2, 0.25) is 0 Å². The zero-order chi connectivity index (χ0) is 34.4. The topological polar surface area (TPSA) is 29.3 Å². The first kappa shape index (κ1) is 29.9. The van der Waals surface area contributed by atoms with E-state index in [9.17, 15) is 0 Å². The number of furan rings is 1. The van der Waals surface area contributed by atoms with Crippen LogP contribution in [0.3, 0.4) is 0 Å². The Morgan fingerprint density at radius 3 is 1.63 bits per heavy atom. The molecule has 2 aromatic heterocycles. The van der Waals surface area contributed by atoms with Crippen LogP contribution in [0.2, 0.25) is 0 Å². The molecule has 244 valence electrons. The van der Waals surface area contributed by atoms with Crippen molar-refractivity contribution in [1.29, 1.82) is 0 Å². The first-order valence-corrected chi connectivity index (χ1v) is 17.6. The number of nitrogens with zero attached hydrogens (tertiary/aromatic N) is 2. The third-order valence-corrected chi connectivity index (χ3v) is 10.2. The van der Waals surface area contributed by atoms with Gasteiger partial charge in [0.1, 0.15) is 5.58 Å². The minimum absolute atomic E-state index is 0.759. The fourth-order valence-electron chi connectivity index (χ4n) is 7.70. The molecule has 3 nitrogen and oxygen atoms in total. The van der Waals surface area contributed by atoms with Gasteiger partial charge in [-0.2, -0.15) is 0 Å². The minimum Gasteiger partial charge on any atom is -0.454 e. The maximum Gasteiger partial charge on any atom is 0.155 e. The van der Waals surface area contributed by atoms with Crippen LogP contribution in [0, 0.1) is 0 Å². The summed E-state index contributed by atoms with van der Waals surface area (Å²) >= 11 is 0. The van der Waals surface area contributed by atoms with Crippen molar-refractivity contribution in [2.45, 2.75) is 0 Å². The van der Waals surface area contributed by atoms with Crippen LogP contribution in [-0.4, -0.2) is 4.98 Å². The summed E-state index contributed by atoms with van der Waals surface area (Å²) in [5.41, 5.74) is 11.8. The lowest BCUT2D eigenvalue weighted by atomic mass is 9.94. The van der Waals surface area contributed by atoms with Crippen molar-refractivity contribution in [3.05, 3.63) is 194 Å². The van der Waals surface area contributed by atoms with Crippen LogP contribution < -0.4 is 4.90 Å². The van der Waals surface area contributed by atoms with Crippen molar-refractivity contribution in [3.8, 4) is 33.4 Å². The van der Waals surface area contributed by atoms with Crippen molar-refractivity contribution in [2.24, 2.45) is 0 Å². The van der Waals surface area contributed by atoms with E-state index in [1.165, 1.54) is 38.6 Å². The summed E-state index contributed by atoms with van der Waals surface area (Å²) in [6, 6.07) is 64.8. The van der Waals surface area contributed by atoms with E-state index in [1.54, 1.807) is 0 Å². The molecule has 0 fully saturated rings. The van der Waals surface area contributed by atoms with Crippen molar-refractivity contribution in [2.75, 3.05) is 4.90 Å². The number of rotatable bonds is 6. The highest BCUT2D eigenvalue weighted by Crippen LogP contribution is 2.45. The second kappa shape index (κ2) is 12.4. The van der Waals surface area contributed by atoms with Crippen molar-refractivity contribution >= 4 is 60.5 Å². The van der Waals surface area contributed by atoms with Gasteiger partial charge in [-0.05, 0) is 79.9 Å². The molecule has 8 aromatic carbocycles. The molecule has 0 atom stereocenters. The predicted octanol–water partition coefficient (Wildman–Crippen LogP) is 13.8. The van der Waals surface area contributed by atoms with Gasteiger partial charge in [0, 0.05) is 22.1 Å². The van der Waals surface area contributed by atoms with Gasteiger partial charge >= 0.3 is 0 Å². The smallest absolute Gasteiger partial charge is 0.155 e. The van der Waals surface area contributed by atoms with E-state index in [1.807, 2.05) is 12.4 Å². The van der Waals surface area contributed by atoms with E-state index in [4.69, 9.17) is 9.40 Å². The summed E-state index contributed by atoms with van der Waals surface area (Å²) in [6.45, 7) is 0. The van der Waals surface area contributed by atoms with E-state index in [0.29, 0.717) is 0 Å². The number of fused-ring (bicyclic) bond motifs is 6. The summed E-state index contributed by atoms with van der Waals surface area (Å²) in [5.74, 6) is 0. The van der Waals surface area contributed by atoms with Crippen molar-refractivity contribution < 1.29 is 4.42 Å². The molecule has 0 spiro atoms. The number of anilines is 3. The van der Waals surface area contributed by atoms with Gasteiger partial charge in [-0.15, -0.1) is 0 Å². The SMILES string of the molecule is c1ccc(-c2ccccc2-c2ccc(N(c3ccc(-c4cccc5ccccc45)cc3)c3cncc4oc5c6ccccc6ccc5c34)cc2)cc1. The van der Waals surface area contributed by atoms with Gasteiger partial charge < -0.3 is 9.32 Å². The molecule has 0 radical (unpaired) electrons. The van der Waals surface area contributed by atoms with E-state index in [2.05, 4.69) is 187 Å². The summed E-state index contributed by atoms with van der Waals surface area (Å²) in [6.07, 6.45) is 3.79.